The van der Waals surface area contributed by atoms with Gasteiger partial charge in [-0.25, -0.2) is 0 Å². The number of carbonyl (C=O) groups excluding carboxylic acids is 2. The number of hydrogen-bond donors (Lipinski definition) is 1. The molecule has 1 N–H and O–H groups in total. The molecule has 0 aliphatic rings. The third-order valence-electron chi connectivity index (χ3n) is 3.47. The Morgan fingerprint density at radius 2 is 1.96 bits per heavy atom. The minimum Gasteiger partial charge on any atom is -0.347 e. The predicted molar refractivity (Wildman–Crippen MR) is 86.9 cm³/mol. The molecule has 0 saturated carbocycles. The van der Waals surface area contributed by atoms with Gasteiger partial charge in [-0.2, -0.15) is 0 Å². The Labute approximate surface area is 135 Å². The summed E-state index contributed by atoms with van der Waals surface area (Å²) in [6.45, 7) is 5.46. The van der Waals surface area contributed by atoms with E-state index in [1.807, 2.05) is 26.0 Å². The lowest BCUT2D eigenvalue weighted by molar-refractivity contribution is 0.0773. The highest BCUT2D eigenvalue weighted by Crippen LogP contribution is 2.07. The number of pyridine rings is 2. The number of hydrogen-bond acceptors (Lipinski definition) is 4. The lowest BCUT2D eigenvalue weighted by atomic mass is 10.2. The molecular formula is C17H20N4O2. The molecule has 2 rings (SSSR count). The van der Waals surface area contributed by atoms with Crippen LogP contribution < -0.4 is 5.32 Å². The van der Waals surface area contributed by atoms with E-state index in [2.05, 4.69) is 15.3 Å². The lowest BCUT2D eigenvalue weighted by Gasteiger charge is -2.18. The Balaban J connectivity index is 2.06. The Bertz CT molecular complexity index is 669. The normalized spacial score (nSPS) is 10.2. The van der Waals surface area contributed by atoms with E-state index in [1.165, 1.54) is 12.3 Å². The molecule has 6 heteroatoms. The van der Waals surface area contributed by atoms with Crippen molar-refractivity contribution in [2.45, 2.75) is 20.4 Å². The third kappa shape index (κ3) is 4.35. The van der Waals surface area contributed by atoms with Crippen molar-refractivity contribution in [2.24, 2.45) is 0 Å². The van der Waals surface area contributed by atoms with Gasteiger partial charge < -0.3 is 10.2 Å². The van der Waals surface area contributed by atoms with Gasteiger partial charge in [-0.15, -0.1) is 0 Å². The molecular weight excluding hydrogens is 292 g/mol. The van der Waals surface area contributed by atoms with Gasteiger partial charge in [0, 0.05) is 43.8 Å². The molecule has 2 aromatic rings. The second-order valence-corrected chi connectivity index (χ2v) is 4.95. The molecule has 23 heavy (non-hydrogen) atoms. The van der Waals surface area contributed by atoms with Gasteiger partial charge >= 0.3 is 0 Å². The smallest absolute Gasteiger partial charge is 0.270 e. The summed E-state index contributed by atoms with van der Waals surface area (Å²) in [5.74, 6) is -0.415. The molecule has 2 amide bonds. The largest absolute Gasteiger partial charge is 0.347 e. The number of nitrogens with zero attached hydrogens (tertiary/aromatic N) is 3. The van der Waals surface area contributed by atoms with Crippen molar-refractivity contribution in [3.63, 3.8) is 0 Å². The van der Waals surface area contributed by atoms with Crippen molar-refractivity contribution in [3.8, 4) is 0 Å². The van der Waals surface area contributed by atoms with Crippen LogP contribution in [-0.4, -0.2) is 39.8 Å². The summed E-state index contributed by atoms with van der Waals surface area (Å²) in [6, 6.07) is 6.84. The molecule has 0 bridgehead atoms. The number of amides is 2. The fourth-order valence-corrected chi connectivity index (χ4v) is 2.16. The zero-order valence-corrected chi connectivity index (χ0v) is 13.3. The molecule has 0 fully saturated rings. The van der Waals surface area contributed by atoms with Crippen molar-refractivity contribution in [2.75, 3.05) is 13.1 Å². The molecule has 0 unspecified atom stereocenters. The summed E-state index contributed by atoms with van der Waals surface area (Å²) in [6.07, 6.45) is 4.85. The summed E-state index contributed by atoms with van der Waals surface area (Å²) in [7, 11) is 0. The molecule has 2 heterocycles. The Hall–Kier alpha value is -2.76. The van der Waals surface area contributed by atoms with Gasteiger partial charge in [-0.05, 0) is 37.6 Å². The second-order valence-electron chi connectivity index (χ2n) is 4.95. The number of rotatable bonds is 6. The van der Waals surface area contributed by atoms with Crippen LogP contribution in [0.1, 0.15) is 40.3 Å². The monoisotopic (exact) mass is 312 g/mol. The van der Waals surface area contributed by atoms with Crippen LogP contribution in [0.3, 0.4) is 0 Å². The molecule has 0 spiro atoms. The van der Waals surface area contributed by atoms with Crippen LogP contribution in [0.15, 0.2) is 42.9 Å². The van der Waals surface area contributed by atoms with Crippen LogP contribution in [-0.2, 0) is 6.54 Å². The maximum Gasteiger partial charge on any atom is 0.270 e. The van der Waals surface area contributed by atoms with E-state index in [0.29, 0.717) is 25.2 Å². The topological polar surface area (TPSA) is 75.2 Å². The van der Waals surface area contributed by atoms with Crippen LogP contribution in [0.2, 0.25) is 0 Å². The highest BCUT2D eigenvalue weighted by Gasteiger charge is 2.15. The van der Waals surface area contributed by atoms with E-state index in [9.17, 15) is 9.59 Å². The first-order valence-corrected chi connectivity index (χ1v) is 7.58. The van der Waals surface area contributed by atoms with Gasteiger partial charge in [-0.3, -0.25) is 19.6 Å². The molecule has 120 valence electrons. The highest BCUT2D eigenvalue weighted by atomic mass is 16.2. The minimum absolute atomic E-state index is 0.0984. The zero-order chi connectivity index (χ0) is 16.7. The Morgan fingerprint density at radius 3 is 2.61 bits per heavy atom. The summed E-state index contributed by atoms with van der Waals surface area (Å²) in [4.78, 5) is 34.2. The van der Waals surface area contributed by atoms with E-state index in [1.54, 1.807) is 23.4 Å². The average Bonchev–Trinajstić information content (AvgIpc) is 2.61. The van der Waals surface area contributed by atoms with Crippen molar-refractivity contribution in [3.05, 3.63) is 59.7 Å². The van der Waals surface area contributed by atoms with E-state index in [-0.39, 0.29) is 17.5 Å². The Morgan fingerprint density at radius 1 is 1.17 bits per heavy atom. The fraction of sp³-hybridized carbons (Fsp3) is 0.294. The highest BCUT2D eigenvalue weighted by molar-refractivity contribution is 5.98. The van der Waals surface area contributed by atoms with Crippen molar-refractivity contribution in [1.29, 1.82) is 0 Å². The second kappa shape index (κ2) is 8.03. The summed E-state index contributed by atoms with van der Waals surface area (Å²) < 4.78 is 0. The first kappa shape index (κ1) is 16.6. The van der Waals surface area contributed by atoms with Crippen LogP contribution in [0.4, 0.5) is 0 Å². The molecule has 2 aromatic heterocycles. The molecule has 0 saturated heterocycles. The van der Waals surface area contributed by atoms with E-state index < -0.39 is 0 Å². The van der Waals surface area contributed by atoms with E-state index >= 15 is 0 Å². The van der Waals surface area contributed by atoms with Gasteiger partial charge in [0.15, 0.2) is 0 Å². The van der Waals surface area contributed by atoms with Gasteiger partial charge in [0.2, 0.25) is 0 Å². The standard InChI is InChI=1S/C17H20N4O2/c1-3-21(4-2)17(23)14-7-9-19-15(10-14)16(22)20-12-13-6-5-8-18-11-13/h5-11H,3-4,12H2,1-2H3,(H,20,22). The first-order valence-electron chi connectivity index (χ1n) is 7.58. The van der Waals surface area contributed by atoms with Gasteiger partial charge in [-0.1, -0.05) is 6.07 Å². The third-order valence-corrected chi connectivity index (χ3v) is 3.47. The average molecular weight is 312 g/mol. The maximum atomic E-state index is 12.3. The van der Waals surface area contributed by atoms with Gasteiger partial charge in [0.1, 0.15) is 5.69 Å². The van der Waals surface area contributed by atoms with Gasteiger partial charge in [0.25, 0.3) is 11.8 Å². The van der Waals surface area contributed by atoms with Crippen molar-refractivity contribution < 1.29 is 9.59 Å². The van der Waals surface area contributed by atoms with Crippen LogP contribution >= 0.6 is 0 Å². The maximum absolute atomic E-state index is 12.3. The summed E-state index contributed by atoms with van der Waals surface area (Å²) in [5, 5.41) is 2.77. The van der Waals surface area contributed by atoms with Gasteiger partial charge in [0.05, 0.1) is 0 Å². The summed E-state index contributed by atoms with van der Waals surface area (Å²) in [5.41, 5.74) is 1.60. The van der Waals surface area contributed by atoms with Crippen molar-refractivity contribution in [1.82, 2.24) is 20.2 Å². The SMILES string of the molecule is CCN(CC)C(=O)c1ccnc(C(=O)NCc2cccnc2)c1. The predicted octanol–water partition coefficient (Wildman–Crippen LogP) is 1.89. The zero-order valence-electron chi connectivity index (χ0n) is 13.3. The van der Waals surface area contributed by atoms with E-state index in [4.69, 9.17) is 0 Å². The fourth-order valence-electron chi connectivity index (χ4n) is 2.16. The van der Waals surface area contributed by atoms with E-state index in [0.717, 1.165) is 5.56 Å². The molecule has 0 aromatic carbocycles. The van der Waals surface area contributed by atoms with Crippen LogP contribution in [0.25, 0.3) is 0 Å². The molecule has 0 aliphatic carbocycles. The molecule has 0 aliphatic heterocycles. The Kier molecular flexibility index (Phi) is 5.80. The van der Waals surface area contributed by atoms with Crippen LogP contribution in [0, 0.1) is 0 Å². The van der Waals surface area contributed by atoms with Crippen molar-refractivity contribution >= 4 is 11.8 Å². The number of nitrogens with one attached hydrogen (secondary N) is 1. The first-order chi connectivity index (χ1) is 11.2. The quantitative estimate of drug-likeness (QED) is 0.884. The number of aromatic nitrogens is 2. The summed E-state index contributed by atoms with van der Waals surface area (Å²) >= 11 is 0. The number of carbonyl (C=O) groups is 2. The minimum atomic E-state index is -0.317. The molecule has 0 radical (unpaired) electrons. The molecule has 0 atom stereocenters. The lowest BCUT2D eigenvalue weighted by Crippen LogP contribution is -2.31. The van der Waals surface area contributed by atoms with Crippen LogP contribution in [0.5, 0.6) is 0 Å². The molecule has 6 nitrogen and oxygen atoms in total.